The molecule has 2 aromatic heterocycles. The lowest BCUT2D eigenvalue weighted by Gasteiger charge is -2.24. The van der Waals surface area contributed by atoms with Gasteiger partial charge in [-0.1, -0.05) is 152 Å². The van der Waals surface area contributed by atoms with Crippen LogP contribution in [0.25, 0.3) is 60.5 Å². The number of allylic oxidation sites excluding steroid dienone is 4. The van der Waals surface area contributed by atoms with E-state index in [0.29, 0.717) is 6.54 Å². The predicted octanol–water partition coefficient (Wildman–Crippen LogP) is 12.5. The zero-order valence-corrected chi connectivity index (χ0v) is 32.6. The van der Waals surface area contributed by atoms with Crippen LogP contribution < -0.4 is 11.5 Å². The highest BCUT2D eigenvalue weighted by molar-refractivity contribution is 6.17. The molecule has 0 saturated heterocycles. The van der Waals surface area contributed by atoms with Gasteiger partial charge in [-0.25, -0.2) is 0 Å². The Bertz CT molecular complexity index is 3020. The summed E-state index contributed by atoms with van der Waals surface area (Å²) in [6, 6.07) is 60.2. The molecule has 0 aliphatic heterocycles. The van der Waals surface area contributed by atoms with Crippen LogP contribution in [-0.2, 0) is 25.9 Å². The maximum atomic E-state index is 6.82. The first-order valence-electron chi connectivity index (χ1n) is 20.5. The number of hydrogen-bond acceptors (Lipinski definition) is 2. The van der Waals surface area contributed by atoms with Gasteiger partial charge in [-0.3, -0.25) is 0 Å². The molecule has 0 unspecified atom stereocenters. The third kappa shape index (κ3) is 6.23. The summed E-state index contributed by atoms with van der Waals surface area (Å²) >= 11 is 0. The normalized spacial score (nSPS) is 13.4. The molecule has 9 aromatic rings. The van der Waals surface area contributed by atoms with E-state index in [-0.39, 0.29) is 0 Å². The summed E-state index contributed by atoms with van der Waals surface area (Å²) in [6.07, 6.45) is 9.11. The second-order valence-electron chi connectivity index (χ2n) is 15.4. The van der Waals surface area contributed by atoms with E-state index >= 15 is 0 Å². The second kappa shape index (κ2) is 15.2. The molecule has 2 heterocycles. The zero-order valence-electron chi connectivity index (χ0n) is 32.6. The Morgan fingerprint density at radius 1 is 0.500 bits per heavy atom. The molecule has 0 bridgehead atoms. The van der Waals surface area contributed by atoms with E-state index in [2.05, 4.69) is 161 Å². The highest BCUT2D eigenvalue weighted by atomic mass is 15.0. The van der Waals surface area contributed by atoms with Gasteiger partial charge in [0.15, 0.2) is 0 Å². The van der Waals surface area contributed by atoms with Crippen molar-refractivity contribution in [2.24, 2.45) is 5.73 Å². The lowest BCUT2D eigenvalue weighted by Crippen LogP contribution is -2.11. The molecule has 2 aliphatic carbocycles. The number of aromatic nitrogens is 2. The minimum absolute atomic E-state index is 0.598. The Hall–Kier alpha value is -6.88. The van der Waals surface area contributed by atoms with Crippen LogP contribution in [0.4, 0.5) is 5.69 Å². The molecule has 4 N–H and O–H groups in total. The molecule has 58 heavy (non-hydrogen) atoms. The average molecular weight is 751 g/mol. The van der Waals surface area contributed by atoms with Crippen molar-refractivity contribution in [3.8, 4) is 16.8 Å². The monoisotopic (exact) mass is 750 g/mol. The molecule has 0 fully saturated rings. The van der Waals surface area contributed by atoms with Gasteiger partial charge in [0.1, 0.15) is 0 Å². The Balaban J connectivity index is 0.000000247. The summed E-state index contributed by atoms with van der Waals surface area (Å²) in [5.74, 6) is 0. The number of nitrogens with zero attached hydrogens (tertiary/aromatic N) is 2. The quantitative estimate of drug-likeness (QED) is 0.166. The van der Waals surface area contributed by atoms with Gasteiger partial charge in [-0.05, 0) is 94.8 Å². The standard InChI is InChI=1S/C41H33N3.C13H13N/c42-41-28(25-24-27-12-4-5-15-30(27)41)26-43-35-20-8-6-16-33(35)39-31(18-10-22-37(39)43)32-19-11-23-38-40(32)34-17-7-9-21-36(34)44(38)29-13-2-1-3-14-29;14-10-11-5-4-8-13(9-11)12-6-2-1-3-7-12/h1-9,12-21,24-25H,10-11,22-23,26,42H2;1-9H,10,14H2. The van der Waals surface area contributed by atoms with Gasteiger partial charge in [0.05, 0.1) is 5.52 Å². The number of hydrogen-bond donors (Lipinski definition) is 2. The van der Waals surface area contributed by atoms with Gasteiger partial charge in [0, 0.05) is 68.7 Å². The van der Waals surface area contributed by atoms with Gasteiger partial charge in [-0.15, -0.1) is 0 Å². The van der Waals surface area contributed by atoms with Gasteiger partial charge in [-0.2, -0.15) is 0 Å². The van der Waals surface area contributed by atoms with Gasteiger partial charge >= 0.3 is 0 Å². The first kappa shape index (κ1) is 35.5. The van der Waals surface area contributed by atoms with E-state index in [0.717, 1.165) is 43.3 Å². The molecule has 0 amide bonds. The fourth-order valence-corrected chi connectivity index (χ4v) is 9.36. The largest absolute Gasteiger partial charge is 0.398 e. The fourth-order valence-electron chi connectivity index (χ4n) is 9.36. The molecule has 7 aromatic carbocycles. The Kier molecular flexibility index (Phi) is 9.33. The number of benzene rings is 7. The van der Waals surface area contributed by atoms with Crippen molar-refractivity contribution in [1.29, 1.82) is 0 Å². The maximum Gasteiger partial charge on any atom is 0.0537 e. The van der Waals surface area contributed by atoms with Gasteiger partial charge < -0.3 is 20.6 Å². The van der Waals surface area contributed by atoms with Crippen LogP contribution in [0, 0.1) is 0 Å². The first-order valence-corrected chi connectivity index (χ1v) is 20.5. The van der Waals surface area contributed by atoms with Crippen molar-refractivity contribution in [2.75, 3.05) is 5.73 Å². The second-order valence-corrected chi connectivity index (χ2v) is 15.4. The van der Waals surface area contributed by atoms with E-state index in [1.165, 1.54) is 88.8 Å². The van der Waals surface area contributed by atoms with Crippen molar-refractivity contribution in [1.82, 2.24) is 9.13 Å². The molecule has 0 saturated carbocycles. The van der Waals surface area contributed by atoms with Crippen LogP contribution in [0.15, 0.2) is 182 Å². The highest BCUT2D eigenvalue weighted by Gasteiger charge is 2.30. The molecular weight excluding hydrogens is 705 g/mol. The van der Waals surface area contributed by atoms with Crippen molar-refractivity contribution in [3.05, 3.63) is 216 Å². The number of anilines is 1. The summed E-state index contributed by atoms with van der Waals surface area (Å²) in [5.41, 5.74) is 30.3. The molecule has 0 spiro atoms. The summed E-state index contributed by atoms with van der Waals surface area (Å²) in [5, 5.41) is 4.98. The van der Waals surface area contributed by atoms with Crippen LogP contribution >= 0.6 is 0 Å². The summed E-state index contributed by atoms with van der Waals surface area (Å²) in [4.78, 5) is 0. The maximum absolute atomic E-state index is 6.82. The fraction of sp³-hybridized carbons (Fsp3) is 0.111. The lowest BCUT2D eigenvalue weighted by atomic mass is 9.82. The van der Waals surface area contributed by atoms with Crippen molar-refractivity contribution in [2.45, 2.75) is 38.8 Å². The molecule has 0 atom stereocenters. The third-order valence-corrected chi connectivity index (χ3v) is 12.0. The SMILES string of the molecule is NCc1cccc(-c2ccccc2)c1.Nc1c(Cn2c3c(c4ccccc42)C(C2=CCCc4c2c2ccccc2n4-c2ccccc2)=CCC3)ccc2ccccc12. The predicted molar refractivity (Wildman–Crippen MR) is 245 cm³/mol. The Labute approximate surface area is 340 Å². The zero-order chi connectivity index (χ0) is 39.0. The van der Waals surface area contributed by atoms with E-state index in [4.69, 9.17) is 11.5 Å². The lowest BCUT2D eigenvalue weighted by molar-refractivity contribution is 0.755. The number of fused-ring (bicyclic) bond motifs is 7. The smallest absolute Gasteiger partial charge is 0.0537 e. The average Bonchev–Trinajstić information content (AvgIpc) is 3.81. The van der Waals surface area contributed by atoms with E-state index in [9.17, 15) is 0 Å². The minimum atomic E-state index is 0.598. The first-order chi connectivity index (χ1) is 28.7. The molecule has 11 rings (SSSR count). The number of nitrogens with two attached hydrogens (primary N) is 2. The molecule has 2 aliphatic rings. The van der Waals surface area contributed by atoms with Crippen molar-refractivity contribution in [3.63, 3.8) is 0 Å². The summed E-state index contributed by atoms with van der Waals surface area (Å²) in [7, 11) is 0. The molecule has 282 valence electrons. The van der Waals surface area contributed by atoms with E-state index in [1.54, 1.807) is 0 Å². The van der Waals surface area contributed by atoms with Crippen LogP contribution in [0.3, 0.4) is 0 Å². The third-order valence-electron chi connectivity index (χ3n) is 12.0. The molecule has 4 heteroatoms. The highest BCUT2D eigenvalue weighted by Crippen LogP contribution is 2.48. The van der Waals surface area contributed by atoms with Crippen molar-refractivity contribution < 1.29 is 0 Å². The Morgan fingerprint density at radius 2 is 1.09 bits per heavy atom. The van der Waals surface area contributed by atoms with Gasteiger partial charge in [0.25, 0.3) is 0 Å². The number of rotatable bonds is 6. The van der Waals surface area contributed by atoms with Crippen LogP contribution in [0.2, 0.25) is 0 Å². The molecular formula is C54H46N4. The minimum Gasteiger partial charge on any atom is -0.398 e. The van der Waals surface area contributed by atoms with Crippen LogP contribution in [0.5, 0.6) is 0 Å². The number of para-hydroxylation sites is 3. The van der Waals surface area contributed by atoms with E-state index < -0.39 is 0 Å². The molecule has 0 radical (unpaired) electrons. The van der Waals surface area contributed by atoms with Crippen LogP contribution in [0.1, 0.15) is 46.5 Å². The Morgan fingerprint density at radius 3 is 1.83 bits per heavy atom. The van der Waals surface area contributed by atoms with Gasteiger partial charge in [0.2, 0.25) is 0 Å². The van der Waals surface area contributed by atoms with Crippen molar-refractivity contribution >= 4 is 49.4 Å². The molecule has 4 nitrogen and oxygen atoms in total. The number of nitrogen functional groups attached to an aromatic ring is 1. The summed E-state index contributed by atoms with van der Waals surface area (Å²) in [6.45, 7) is 1.36. The summed E-state index contributed by atoms with van der Waals surface area (Å²) < 4.78 is 5.03. The van der Waals surface area contributed by atoms with Crippen LogP contribution in [-0.4, -0.2) is 9.13 Å². The topological polar surface area (TPSA) is 61.9 Å². The van der Waals surface area contributed by atoms with E-state index in [1.807, 2.05) is 30.3 Å².